The Labute approximate surface area is 127 Å². The molecule has 0 aliphatic carbocycles. The summed E-state index contributed by atoms with van der Waals surface area (Å²) in [6.45, 7) is 11.0. The summed E-state index contributed by atoms with van der Waals surface area (Å²) in [5.41, 5.74) is 1.32. The molecule has 1 N–H and O–H groups in total. The lowest BCUT2D eigenvalue weighted by Gasteiger charge is -2.14. The molecule has 1 rings (SSSR count). The van der Waals surface area contributed by atoms with Gasteiger partial charge in [-0.25, -0.2) is 0 Å². The molecular formula is C16H26ClNS. The van der Waals surface area contributed by atoms with E-state index in [0.29, 0.717) is 5.92 Å². The zero-order valence-electron chi connectivity index (χ0n) is 12.5. The lowest BCUT2D eigenvalue weighted by Crippen LogP contribution is -2.19. The lowest BCUT2D eigenvalue weighted by atomic mass is 10.2. The molecule has 0 saturated heterocycles. The van der Waals surface area contributed by atoms with Crippen LogP contribution in [0, 0.1) is 11.8 Å². The maximum Gasteiger partial charge on any atom is 0.0410 e. The van der Waals surface area contributed by atoms with Gasteiger partial charge in [0.2, 0.25) is 0 Å². The Morgan fingerprint density at radius 1 is 1.26 bits per heavy atom. The fourth-order valence-corrected chi connectivity index (χ4v) is 3.05. The molecule has 108 valence electrons. The van der Waals surface area contributed by atoms with Crippen molar-refractivity contribution < 1.29 is 0 Å². The third-order valence-electron chi connectivity index (χ3n) is 3.11. The predicted molar refractivity (Wildman–Crippen MR) is 88.2 cm³/mol. The number of thioether (sulfide) groups is 1. The van der Waals surface area contributed by atoms with Crippen LogP contribution in [0.4, 0.5) is 0 Å². The number of nitrogens with one attached hydrogen (secondary N) is 1. The molecule has 1 atom stereocenters. The van der Waals surface area contributed by atoms with Gasteiger partial charge in [0, 0.05) is 22.2 Å². The summed E-state index contributed by atoms with van der Waals surface area (Å²) in [5, 5.41) is 4.33. The predicted octanol–water partition coefficient (Wildman–Crippen LogP) is 5.22. The smallest absolute Gasteiger partial charge is 0.0410 e. The highest BCUT2D eigenvalue weighted by Crippen LogP contribution is 2.28. The summed E-state index contributed by atoms with van der Waals surface area (Å²) in [5.74, 6) is 2.61. The van der Waals surface area contributed by atoms with Crippen LogP contribution in [0.15, 0.2) is 23.1 Å². The normalized spacial score (nSPS) is 12.9. The van der Waals surface area contributed by atoms with Crippen molar-refractivity contribution in [2.24, 2.45) is 11.8 Å². The minimum Gasteiger partial charge on any atom is -0.312 e. The van der Waals surface area contributed by atoms with Crippen LogP contribution in [-0.2, 0) is 6.54 Å². The Kier molecular flexibility index (Phi) is 7.89. The van der Waals surface area contributed by atoms with Crippen molar-refractivity contribution in [2.75, 3.05) is 12.3 Å². The molecule has 0 fully saturated rings. The molecule has 1 aromatic rings. The van der Waals surface area contributed by atoms with Gasteiger partial charge in [0.05, 0.1) is 0 Å². The molecule has 0 radical (unpaired) electrons. The summed E-state index contributed by atoms with van der Waals surface area (Å²) in [6.07, 6.45) is 1.24. The monoisotopic (exact) mass is 299 g/mol. The van der Waals surface area contributed by atoms with Crippen LogP contribution in [-0.4, -0.2) is 12.3 Å². The van der Waals surface area contributed by atoms with E-state index in [1.165, 1.54) is 22.6 Å². The minimum atomic E-state index is 0.676. The molecule has 0 amide bonds. The Hall–Kier alpha value is -0.180. The van der Waals surface area contributed by atoms with Gasteiger partial charge in [-0.2, -0.15) is 0 Å². The number of benzene rings is 1. The first kappa shape index (κ1) is 16.9. The van der Waals surface area contributed by atoms with E-state index in [4.69, 9.17) is 11.6 Å². The molecule has 0 aliphatic rings. The molecule has 3 heteroatoms. The zero-order chi connectivity index (χ0) is 14.3. The summed E-state index contributed by atoms with van der Waals surface area (Å²) in [7, 11) is 0. The number of hydrogen-bond acceptors (Lipinski definition) is 2. The quantitative estimate of drug-likeness (QED) is 0.660. The molecule has 19 heavy (non-hydrogen) atoms. The SMILES string of the molecule is CCC(C)CSc1ccc(Cl)cc1CNCC(C)C. The van der Waals surface area contributed by atoms with Gasteiger partial charge in [-0.05, 0) is 42.1 Å². The van der Waals surface area contributed by atoms with Gasteiger partial charge >= 0.3 is 0 Å². The van der Waals surface area contributed by atoms with Crippen LogP contribution in [0.2, 0.25) is 5.02 Å². The molecule has 0 aromatic heterocycles. The van der Waals surface area contributed by atoms with Gasteiger partial charge in [0.25, 0.3) is 0 Å². The summed E-state index contributed by atoms with van der Waals surface area (Å²) in [4.78, 5) is 1.36. The molecule has 1 aromatic carbocycles. The molecule has 1 nitrogen and oxygen atoms in total. The van der Waals surface area contributed by atoms with E-state index < -0.39 is 0 Å². The number of rotatable bonds is 8. The number of hydrogen-bond donors (Lipinski definition) is 1. The fraction of sp³-hybridized carbons (Fsp3) is 0.625. The van der Waals surface area contributed by atoms with E-state index in [2.05, 4.69) is 45.1 Å². The van der Waals surface area contributed by atoms with Gasteiger partial charge < -0.3 is 5.32 Å². The van der Waals surface area contributed by atoms with Crippen LogP contribution >= 0.6 is 23.4 Å². The molecule has 0 bridgehead atoms. The van der Waals surface area contributed by atoms with Crippen LogP contribution in [0.5, 0.6) is 0 Å². The average molecular weight is 300 g/mol. The van der Waals surface area contributed by atoms with E-state index >= 15 is 0 Å². The number of halogens is 1. The van der Waals surface area contributed by atoms with Gasteiger partial charge in [-0.1, -0.05) is 45.7 Å². The Morgan fingerprint density at radius 3 is 2.63 bits per heavy atom. The molecule has 1 unspecified atom stereocenters. The minimum absolute atomic E-state index is 0.676. The second-order valence-corrected chi connectivity index (χ2v) is 7.10. The van der Waals surface area contributed by atoms with Gasteiger partial charge in [-0.15, -0.1) is 11.8 Å². The summed E-state index contributed by atoms with van der Waals surface area (Å²) in [6, 6.07) is 6.24. The van der Waals surface area contributed by atoms with Crippen molar-refractivity contribution in [3.05, 3.63) is 28.8 Å². The first-order valence-electron chi connectivity index (χ1n) is 7.14. The molecule has 0 spiro atoms. The highest BCUT2D eigenvalue weighted by Gasteiger charge is 2.07. The van der Waals surface area contributed by atoms with E-state index in [0.717, 1.165) is 24.0 Å². The van der Waals surface area contributed by atoms with Crippen molar-refractivity contribution in [2.45, 2.75) is 45.6 Å². The summed E-state index contributed by atoms with van der Waals surface area (Å²) < 4.78 is 0. The molecule has 0 heterocycles. The van der Waals surface area contributed by atoms with E-state index in [-0.39, 0.29) is 0 Å². The van der Waals surface area contributed by atoms with Crippen molar-refractivity contribution in [3.8, 4) is 0 Å². The maximum atomic E-state index is 6.11. The largest absolute Gasteiger partial charge is 0.312 e. The highest BCUT2D eigenvalue weighted by atomic mass is 35.5. The highest BCUT2D eigenvalue weighted by molar-refractivity contribution is 7.99. The standard InChI is InChI=1S/C16H26ClNS/c1-5-13(4)11-19-16-7-6-15(17)8-14(16)10-18-9-12(2)3/h6-8,12-13,18H,5,9-11H2,1-4H3. The van der Waals surface area contributed by atoms with E-state index in [1.807, 2.05) is 17.8 Å². The fourth-order valence-electron chi connectivity index (χ4n) is 1.67. The third kappa shape index (κ3) is 6.69. The molecular weight excluding hydrogens is 274 g/mol. The zero-order valence-corrected chi connectivity index (χ0v) is 14.1. The molecule has 0 saturated carbocycles. The van der Waals surface area contributed by atoms with Crippen molar-refractivity contribution in [1.29, 1.82) is 0 Å². The summed E-state index contributed by atoms with van der Waals surface area (Å²) >= 11 is 8.06. The molecule has 0 aliphatic heterocycles. The lowest BCUT2D eigenvalue weighted by molar-refractivity contribution is 0.550. The second kappa shape index (κ2) is 8.89. The third-order valence-corrected chi connectivity index (χ3v) is 4.79. The first-order valence-corrected chi connectivity index (χ1v) is 8.51. The maximum absolute atomic E-state index is 6.11. The average Bonchev–Trinajstić information content (AvgIpc) is 2.37. The van der Waals surface area contributed by atoms with Crippen LogP contribution in [0.25, 0.3) is 0 Å². The van der Waals surface area contributed by atoms with Crippen molar-refractivity contribution in [1.82, 2.24) is 5.32 Å². The second-order valence-electron chi connectivity index (χ2n) is 5.60. The van der Waals surface area contributed by atoms with E-state index in [1.54, 1.807) is 0 Å². The Morgan fingerprint density at radius 2 is 2.00 bits per heavy atom. The Bertz CT molecular complexity index is 379. The van der Waals surface area contributed by atoms with Gasteiger partial charge in [0.1, 0.15) is 0 Å². The van der Waals surface area contributed by atoms with Gasteiger partial charge in [-0.3, -0.25) is 0 Å². The van der Waals surface area contributed by atoms with E-state index in [9.17, 15) is 0 Å². The topological polar surface area (TPSA) is 12.0 Å². The van der Waals surface area contributed by atoms with Crippen molar-refractivity contribution >= 4 is 23.4 Å². The van der Waals surface area contributed by atoms with Crippen molar-refractivity contribution in [3.63, 3.8) is 0 Å². The van der Waals surface area contributed by atoms with Crippen LogP contribution in [0.3, 0.4) is 0 Å². The Balaban J connectivity index is 2.63. The van der Waals surface area contributed by atoms with Crippen LogP contribution < -0.4 is 5.32 Å². The van der Waals surface area contributed by atoms with Crippen LogP contribution in [0.1, 0.15) is 39.7 Å². The first-order chi connectivity index (χ1) is 9.02. The van der Waals surface area contributed by atoms with Gasteiger partial charge in [0.15, 0.2) is 0 Å².